The van der Waals surface area contributed by atoms with Crippen LogP contribution in [0.25, 0.3) is 0 Å². The lowest BCUT2D eigenvalue weighted by atomic mass is 10.2. The van der Waals surface area contributed by atoms with E-state index in [1.54, 1.807) is 0 Å². The van der Waals surface area contributed by atoms with E-state index in [2.05, 4.69) is 50.4 Å². The molecule has 0 aromatic heterocycles. The molecule has 0 aromatic rings. The fourth-order valence-electron chi connectivity index (χ4n) is 1.37. The van der Waals surface area contributed by atoms with Crippen LogP contribution >= 0.6 is 0 Å². The van der Waals surface area contributed by atoms with Crippen molar-refractivity contribution >= 4 is 19.7 Å². The van der Waals surface area contributed by atoms with E-state index in [1.807, 2.05) is 20.8 Å². The third kappa shape index (κ3) is 6.63. The summed E-state index contributed by atoms with van der Waals surface area (Å²) in [6, 6.07) is -0.158. The monoisotopic (exact) mass is 343 g/mol. The quantitative estimate of drug-likeness (QED) is 0.468. The van der Waals surface area contributed by atoms with Crippen LogP contribution in [0.3, 0.4) is 0 Å². The average Bonchev–Trinajstić information content (AvgIpc) is 3.13. The van der Waals surface area contributed by atoms with Gasteiger partial charge in [-0.2, -0.15) is 0 Å². The molecule has 1 N–H and O–H groups in total. The van der Waals surface area contributed by atoms with Gasteiger partial charge < -0.3 is 8.98 Å². The van der Waals surface area contributed by atoms with E-state index in [9.17, 15) is 4.55 Å². The van der Waals surface area contributed by atoms with Crippen LogP contribution in [-0.2, 0) is 15.8 Å². The third-order valence-corrected chi connectivity index (χ3v) is 10.4. The lowest BCUT2D eigenvalue weighted by molar-refractivity contribution is 0.274. The van der Waals surface area contributed by atoms with Gasteiger partial charge in [0.2, 0.25) is 0 Å². The van der Waals surface area contributed by atoms with E-state index >= 15 is 0 Å². The molecule has 1 aliphatic rings. The van der Waals surface area contributed by atoms with Crippen LogP contribution in [-0.4, -0.2) is 30.3 Å². The first kappa shape index (κ1) is 20.1. The van der Waals surface area contributed by atoms with Crippen molar-refractivity contribution in [3.63, 3.8) is 0 Å². The maximum Gasteiger partial charge on any atom is 0.192 e. The molecule has 1 fully saturated rings. The summed E-state index contributed by atoms with van der Waals surface area (Å²) in [7, 11) is -1.81. The second kappa shape index (κ2) is 7.27. The van der Waals surface area contributed by atoms with Gasteiger partial charge in [0.25, 0.3) is 0 Å². The van der Waals surface area contributed by atoms with Gasteiger partial charge in [0.1, 0.15) is 10.8 Å². The molecular formula is C17H33NO2SSi. The predicted molar refractivity (Wildman–Crippen MR) is 98.5 cm³/mol. The van der Waals surface area contributed by atoms with Crippen molar-refractivity contribution in [3.8, 4) is 11.8 Å². The summed E-state index contributed by atoms with van der Waals surface area (Å²) < 4.78 is 21.5. The Hall–Kier alpha value is 0.00688. The van der Waals surface area contributed by atoms with Gasteiger partial charge in [-0.25, -0.2) is 0 Å². The van der Waals surface area contributed by atoms with E-state index in [1.165, 1.54) is 12.8 Å². The molecule has 0 heterocycles. The summed E-state index contributed by atoms with van der Waals surface area (Å²) in [5, 5.41) is 0.171. The van der Waals surface area contributed by atoms with Crippen molar-refractivity contribution in [2.75, 3.05) is 6.61 Å². The summed E-state index contributed by atoms with van der Waals surface area (Å²) in [6.45, 7) is 17.6. The van der Waals surface area contributed by atoms with Gasteiger partial charge in [-0.15, -0.1) is 4.72 Å². The van der Waals surface area contributed by atoms with Gasteiger partial charge >= 0.3 is 0 Å². The molecule has 1 saturated carbocycles. The van der Waals surface area contributed by atoms with Crippen LogP contribution in [0.15, 0.2) is 0 Å². The van der Waals surface area contributed by atoms with Crippen LogP contribution in [0.5, 0.6) is 0 Å². The van der Waals surface area contributed by atoms with E-state index in [4.69, 9.17) is 4.43 Å². The third-order valence-electron chi connectivity index (χ3n) is 4.26. The highest BCUT2D eigenvalue weighted by molar-refractivity contribution is 7.90. The molecule has 2 atom stereocenters. The lowest BCUT2D eigenvalue weighted by Gasteiger charge is -2.37. The second-order valence-corrected chi connectivity index (χ2v) is 15.5. The maximum absolute atomic E-state index is 12.3. The highest BCUT2D eigenvalue weighted by Crippen LogP contribution is 2.36. The molecule has 0 aliphatic heterocycles. The van der Waals surface area contributed by atoms with Crippen LogP contribution in [0.4, 0.5) is 0 Å². The molecule has 128 valence electrons. The number of nitrogens with one attached hydrogen (secondary N) is 1. The topological polar surface area (TPSA) is 44.3 Å². The van der Waals surface area contributed by atoms with Crippen LogP contribution in [0.1, 0.15) is 54.4 Å². The van der Waals surface area contributed by atoms with Crippen molar-refractivity contribution in [3.05, 3.63) is 0 Å². The van der Waals surface area contributed by atoms with E-state index < -0.39 is 19.7 Å². The smallest absolute Gasteiger partial charge is 0.192 e. The van der Waals surface area contributed by atoms with Gasteiger partial charge in [-0.3, -0.25) is 0 Å². The Morgan fingerprint density at radius 3 is 2.18 bits per heavy atom. The Morgan fingerprint density at radius 2 is 1.77 bits per heavy atom. The largest absolute Gasteiger partial charge is 0.598 e. The van der Waals surface area contributed by atoms with E-state index in [0.29, 0.717) is 12.5 Å². The van der Waals surface area contributed by atoms with Gasteiger partial charge in [0.15, 0.2) is 8.32 Å². The van der Waals surface area contributed by atoms with Crippen LogP contribution in [0.2, 0.25) is 18.1 Å². The number of rotatable bonds is 5. The van der Waals surface area contributed by atoms with Gasteiger partial charge in [-0.1, -0.05) is 32.6 Å². The lowest BCUT2D eigenvalue weighted by Crippen LogP contribution is -2.49. The molecular weight excluding hydrogens is 310 g/mol. The fraction of sp³-hybridized carbons (Fsp3) is 0.882. The fourth-order valence-corrected chi connectivity index (χ4v) is 3.12. The molecule has 0 saturated heterocycles. The van der Waals surface area contributed by atoms with Crippen molar-refractivity contribution in [1.29, 1.82) is 0 Å². The average molecular weight is 344 g/mol. The van der Waals surface area contributed by atoms with Crippen molar-refractivity contribution < 1.29 is 8.98 Å². The molecule has 0 aromatic carbocycles. The zero-order valence-electron chi connectivity index (χ0n) is 15.5. The molecule has 2 unspecified atom stereocenters. The minimum atomic E-state index is -1.81. The summed E-state index contributed by atoms with van der Waals surface area (Å²) >= 11 is -1.13. The molecule has 1 aliphatic carbocycles. The molecule has 3 nitrogen and oxygen atoms in total. The second-order valence-electron chi connectivity index (χ2n) is 8.69. The molecule has 0 amide bonds. The minimum Gasteiger partial charge on any atom is -0.598 e. The van der Waals surface area contributed by atoms with Gasteiger partial charge in [0.05, 0.1) is 6.61 Å². The predicted octanol–water partition coefficient (Wildman–Crippen LogP) is 3.84. The van der Waals surface area contributed by atoms with Gasteiger partial charge in [0, 0.05) is 17.3 Å². The van der Waals surface area contributed by atoms with E-state index in [-0.39, 0.29) is 15.8 Å². The molecule has 22 heavy (non-hydrogen) atoms. The zero-order valence-corrected chi connectivity index (χ0v) is 17.3. The molecule has 0 bridgehead atoms. The Labute approximate surface area is 141 Å². The highest BCUT2D eigenvalue weighted by Gasteiger charge is 2.38. The standard InChI is InChI=1S/C17H33NO2SSi/c1-16(2,3)21(19)18-15(12-11-14-9-10-14)13-20-22(7,8)17(4,5)6/h14-15,18H,9-10,13H2,1-8H3. The maximum atomic E-state index is 12.3. The Bertz CT molecular complexity index is 425. The first-order valence-corrected chi connectivity index (χ1v) is 12.2. The normalized spacial score (nSPS) is 19.3. The first-order chi connectivity index (χ1) is 9.83. The van der Waals surface area contributed by atoms with Crippen molar-refractivity contribution in [2.45, 2.75) is 83.3 Å². The molecule has 5 heteroatoms. The zero-order chi connectivity index (χ0) is 17.2. The number of hydrogen-bond acceptors (Lipinski definition) is 3. The van der Waals surface area contributed by atoms with Crippen LogP contribution in [0, 0.1) is 17.8 Å². The van der Waals surface area contributed by atoms with Crippen LogP contribution < -0.4 is 4.72 Å². The van der Waals surface area contributed by atoms with Gasteiger partial charge in [-0.05, 0) is 51.7 Å². The van der Waals surface area contributed by atoms with E-state index in [0.717, 1.165) is 0 Å². The minimum absolute atomic E-state index is 0.158. The first-order valence-electron chi connectivity index (χ1n) is 8.16. The Morgan fingerprint density at radius 1 is 1.23 bits per heavy atom. The Balaban J connectivity index is 2.69. The molecule has 0 spiro atoms. The highest BCUT2D eigenvalue weighted by atomic mass is 32.2. The summed E-state index contributed by atoms with van der Waals surface area (Å²) in [4.78, 5) is 0. The molecule has 1 rings (SSSR count). The van der Waals surface area contributed by atoms with Crippen molar-refractivity contribution in [2.24, 2.45) is 5.92 Å². The summed E-state index contributed by atoms with van der Waals surface area (Å²) in [6.07, 6.45) is 2.40. The number of hydrogen-bond donors (Lipinski definition) is 1. The summed E-state index contributed by atoms with van der Waals surface area (Å²) in [5.41, 5.74) is 0. The Kier molecular flexibility index (Phi) is 6.63. The summed E-state index contributed by atoms with van der Waals surface area (Å²) in [5.74, 6) is 7.07. The molecule has 0 radical (unpaired) electrons. The van der Waals surface area contributed by atoms with Crippen molar-refractivity contribution in [1.82, 2.24) is 4.72 Å². The SMILES string of the molecule is CC(C)(C)[S+]([O-])NC(C#CC1CC1)CO[Si](C)(C)C(C)(C)C.